The standard InChI is InChI=1S/C20H15N3/c1-3-7-17-13(5-1)9-19(22-17)15-11-21-12-16(15)20-10-14-6-2-4-8-18(14)23-20/h1-12,21-23H. The van der Waals surface area contributed by atoms with E-state index >= 15 is 0 Å². The van der Waals surface area contributed by atoms with E-state index in [1.807, 2.05) is 12.4 Å². The maximum atomic E-state index is 3.51. The minimum absolute atomic E-state index is 1.13. The molecule has 0 bridgehead atoms. The van der Waals surface area contributed by atoms with E-state index in [1.54, 1.807) is 0 Å². The number of benzene rings is 2. The van der Waals surface area contributed by atoms with Crippen molar-refractivity contribution in [2.24, 2.45) is 0 Å². The summed E-state index contributed by atoms with van der Waals surface area (Å²) >= 11 is 0. The Balaban J connectivity index is 1.69. The van der Waals surface area contributed by atoms with Crippen molar-refractivity contribution < 1.29 is 0 Å². The molecule has 3 heteroatoms. The van der Waals surface area contributed by atoms with Gasteiger partial charge in [0.25, 0.3) is 0 Å². The molecule has 0 aliphatic rings. The van der Waals surface area contributed by atoms with E-state index in [0.717, 1.165) is 22.4 Å². The molecule has 0 amide bonds. The molecule has 0 aliphatic carbocycles. The van der Waals surface area contributed by atoms with Gasteiger partial charge in [0.15, 0.2) is 0 Å². The average Bonchev–Trinajstić information content (AvgIpc) is 3.30. The van der Waals surface area contributed by atoms with Crippen LogP contribution in [0.4, 0.5) is 0 Å². The van der Waals surface area contributed by atoms with E-state index in [1.165, 1.54) is 21.9 Å². The first kappa shape index (κ1) is 12.4. The molecular formula is C20H15N3. The molecule has 5 rings (SSSR count). The summed E-state index contributed by atoms with van der Waals surface area (Å²) in [4.78, 5) is 10.3. The maximum Gasteiger partial charge on any atom is 0.0486 e. The van der Waals surface area contributed by atoms with Crippen LogP contribution in [0.2, 0.25) is 0 Å². The number of hydrogen-bond acceptors (Lipinski definition) is 0. The minimum Gasteiger partial charge on any atom is -0.366 e. The van der Waals surface area contributed by atoms with Crippen molar-refractivity contribution in [1.82, 2.24) is 15.0 Å². The smallest absolute Gasteiger partial charge is 0.0486 e. The SMILES string of the molecule is c1ccc2[nH]c(-c3c[nH]cc3-c3cc4ccccc4[nH]3)cc2c1. The van der Waals surface area contributed by atoms with Crippen molar-refractivity contribution in [3.8, 4) is 22.5 Å². The van der Waals surface area contributed by atoms with Gasteiger partial charge in [-0.25, -0.2) is 0 Å². The summed E-state index contributed by atoms with van der Waals surface area (Å²) in [5.74, 6) is 0. The molecule has 0 atom stereocenters. The Labute approximate surface area is 133 Å². The molecule has 0 radical (unpaired) electrons. The lowest BCUT2D eigenvalue weighted by Crippen LogP contribution is -1.79. The molecule has 23 heavy (non-hydrogen) atoms. The maximum absolute atomic E-state index is 3.51. The van der Waals surface area contributed by atoms with Crippen molar-refractivity contribution in [3.63, 3.8) is 0 Å². The molecule has 3 aromatic heterocycles. The highest BCUT2D eigenvalue weighted by atomic mass is 14.8. The Kier molecular flexibility index (Phi) is 2.50. The van der Waals surface area contributed by atoms with Gasteiger partial charge in [-0.2, -0.15) is 0 Å². The first-order chi connectivity index (χ1) is 11.4. The molecule has 0 unspecified atom stereocenters. The highest BCUT2D eigenvalue weighted by Gasteiger charge is 2.12. The van der Waals surface area contributed by atoms with E-state index < -0.39 is 0 Å². The topological polar surface area (TPSA) is 47.4 Å². The molecule has 0 fully saturated rings. The van der Waals surface area contributed by atoms with Crippen LogP contribution in [0.25, 0.3) is 44.3 Å². The number of rotatable bonds is 2. The van der Waals surface area contributed by atoms with Crippen LogP contribution in [-0.4, -0.2) is 15.0 Å². The third-order valence-corrected chi connectivity index (χ3v) is 4.39. The number of hydrogen-bond donors (Lipinski definition) is 3. The van der Waals surface area contributed by atoms with Crippen LogP contribution < -0.4 is 0 Å². The predicted octanol–water partition coefficient (Wildman–Crippen LogP) is 5.31. The van der Waals surface area contributed by atoms with Crippen LogP contribution in [0.15, 0.2) is 73.1 Å². The van der Waals surface area contributed by atoms with E-state index in [2.05, 4.69) is 75.6 Å². The number of fused-ring (bicyclic) bond motifs is 2. The van der Waals surface area contributed by atoms with Gasteiger partial charge in [-0.1, -0.05) is 36.4 Å². The van der Waals surface area contributed by atoms with Gasteiger partial charge in [-0.05, 0) is 24.3 Å². The summed E-state index contributed by atoms with van der Waals surface area (Å²) in [6, 6.07) is 21.1. The van der Waals surface area contributed by atoms with E-state index in [-0.39, 0.29) is 0 Å². The van der Waals surface area contributed by atoms with Gasteiger partial charge in [0.05, 0.1) is 0 Å². The predicted molar refractivity (Wildman–Crippen MR) is 95.4 cm³/mol. The zero-order valence-electron chi connectivity index (χ0n) is 12.4. The Hall–Kier alpha value is -3.20. The fourth-order valence-corrected chi connectivity index (χ4v) is 3.25. The third kappa shape index (κ3) is 1.90. The number of H-pyrrole nitrogens is 3. The molecule has 110 valence electrons. The number of aromatic amines is 3. The summed E-state index contributed by atoms with van der Waals surface area (Å²) in [6.45, 7) is 0. The lowest BCUT2D eigenvalue weighted by atomic mass is 10.1. The van der Waals surface area contributed by atoms with E-state index in [0.29, 0.717) is 0 Å². The second-order valence-corrected chi connectivity index (χ2v) is 5.82. The van der Waals surface area contributed by atoms with Crippen molar-refractivity contribution in [3.05, 3.63) is 73.1 Å². The largest absolute Gasteiger partial charge is 0.366 e. The highest BCUT2D eigenvalue weighted by Crippen LogP contribution is 2.34. The second kappa shape index (κ2) is 4.65. The first-order valence-corrected chi connectivity index (χ1v) is 7.71. The van der Waals surface area contributed by atoms with Gasteiger partial charge in [-0.3, -0.25) is 0 Å². The lowest BCUT2D eigenvalue weighted by Gasteiger charge is -1.99. The monoisotopic (exact) mass is 297 g/mol. The van der Waals surface area contributed by atoms with Crippen LogP contribution in [0.5, 0.6) is 0 Å². The van der Waals surface area contributed by atoms with Crippen LogP contribution in [0.1, 0.15) is 0 Å². The molecule has 2 aromatic carbocycles. The van der Waals surface area contributed by atoms with Gasteiger partial charge in [-0.15, -0.1) is 0 Å². The molecule has 0 saturated heterocycles. The van der Waals surface area contributed by atoms with Crippen molar-refractivity contribution in [2.45, 2.75) is 0 Å². The van der Waals surface area contributed by atoms with Gasteiger partial charge in [0.1, 0.15) is 0 Å². The Morgan fingerprint density at radius 3 is 1.52 bits per heavy atom. The summed E-state index contributed by atoms with van der Waals surface area (Å²) in [7, 11) is 0. The van der Waals surface area contributed by atoms with Crippen molar-refractivity contribution in [2.75, 3.05) is 0 Å². The Morgan fingerprint density at radius 1 is 0.565 bits per heavy atom. The quantitative estimate of drug-likeness (QED) is 0.395. The molecule has 3 heterocycles. The van der Waals surface area contributed by atoms with Gasteiger partial charge >= 0.3 is 0 Å². The van der Waals surface area contributed by atoms with E-state index in [9.17, 15) is 0 Å². The third-order valence-electron chi connectivity index (χ3n) is 4.39. The Bertz CT molecular complexity index is 969. The fourth-order valence-electron chi connectivity index (χ4n) is 3.25. The molecule has 0 spiro atoms. The van der Waals surface area contributed by atoms with Crippen molar-refractivity contribution in [1.29, 1.82) is 0 Å². The lowest BCUT2D eigenvalue weighted by molar-refractivity contribution is 1.40. The second-order valence-electron chi connectivity index (χ2n) is 5.82. The number of aromatic nitrogens is 3. The number of para-hydroxylation sites is 2. The van der Waals surface area contributed by atoms with E-state index in [4.69, 9.17) is 0 Å². The van der Waals surface area contributed by atoms with Crippen molar-refractivity contribution >= 4 is 21.8 Å². The normalized spacial score (nSPS) is 11.5. The highest BCUT2D eigenvalue weighted by molar-refractivity contribution is 5.93. The minimum atomic E-state index is 1.13. The summed E-state index contributed by atoms with van der Waals surface area (Å²) in [6.07, 6.45) is 4.09. The van der Waals surface area contributed by atoms with Crippen LogP contribution >= 0.6 is 0 Å². The van der Waals surface area contributed by atoms with Crippen LogP contribution in [0.3, 0.4) is 0 Å². The molecule has 3 N–H and O–H groups in total. The number of nitrogens with one attached hydrogen (secondary N) is 3. The van der Waals surface area contributed by atoms with Gasteiger partial charge in [0, 0.05) is 56.7 Å². The van der Waals surface area contributed by atoms with Gasteiger partial charge < -0.3 is 15.0 Å². The zero-order chi connectivity index (χ0) is 15.2. The zero-order valence-corrected chi connectivity index (χ0v) is 12.4. The molecule has 5 aromatic rings. The summed E-state index contributed by atoms with van der Waals surface area (Å²) in [5.41, 5.74) is 6.92. The average molecular weight is 297 g/mol. The van der Waals surface area contributed by atoms with Gasteiger partial charge in [0.2, 0.25) is 0 Å². The molecule has 0 saturated carbocycles. The molecular weight excluding hydrogens is 282 g/mol. The first-order valence-electron chi connectivity index (χ1n) is 7.71. The molecule has 3 nitrogen and oxygen atoms in total. The Morgan fingerprint density at radius 2 is 1.04 bits per heavy atom. The summed E-state index contributed by atoms with van der Waals surface area (Å²) in [5, 5.41) is 2.46. The van der Waals surface area contributed by atoms with Crippen LogP contribution in [0, 0.1) is 0 Å². The summed E-state index contributed by atoms with van der Waals surface area (Å²) < 4.78 is 0. The molecule has 0 aliphatic heterocycles. The fraction of sp³-hybridized carbons (Fsp3) is 0. The van der Waals surface area contributed by atoms with Crippen LogP contribution in [-0.2, 0) is 0 Å².